The first-order valence-electron chi connectivity index (χ1n) is 10.6. The normalized spacial score (nSPS) is 13.7. The molecule has 2 aromatic carbocycles. The van der Waals surface area contributed by atoms with Crippen LogP contribution in [0.1, 0.15) is 32.9 Å². The van der Waals surface area contributed by atoms with Gasteiger partial charge in [-0.2, -0.15) is 0 Å². The number of H-pyrrole nitrogens is 1. The standard InChI is InChI=1S/C26H21FN4O2S/c1-13-21(12-18-17-11-16(27)6-8-20(17)30-25(18)32)29-14(2)24(13)26(33)31-22-10-15(5-7-19(22)28)23-4-3-9-34-23/h3-12,29H,28H2,1-2H3,(H,30,32)(H,31,33). The van der Waals surface area contributed by atoms with Crippen LogP contribution >= 0.6 is 11.3 Å². The van der Waals surface area contributed by atoms with Crippen LogP contribution in [0.25, 0.3) is 22.1 Å². The number of hydrogen-bond donors (Lipinski definition) is 4. The van der Waals surface area contributed by atoms with Crippen molar-refractivity contribution in [2.45, 2.75) is 13.8 Å². The smallest absolute Gasteiger partial charge is 0.257 e. The Hall–Kier alpha value is -4.17. The number of anilines is 3. The van der Waals surface area contributed by atoms with Gasteiger partial charge in [-0.25, -0.2) is 4.39 Å². The maximum absolute atomic E-state index is 13.8. The molecular formula is C26H21FN4O2S. The molecule has 0 unspecified atom stereocenters. The summed E-state index contributed by atoms with van der Waals surface area (Å²) in [7, 11) is 0. The minimum Gasteiger partial charge on any atom is -0.397 e. The number of hydrogen-bond acceptors (Lipinski definition) is 4. The van der Waals surface area contributed by atoms with Gasteiger partial charge < -0.3 is 21.4 Å². The predicted molar refractivity (Wildman–Crippen MR) is 135 cm³/mol. The summed E-state index contributed by atoms with van der Waals surface area (Å²) >= 11 is 1.60. The fourth-order valence-corrected chi connectivity index (χ4v) is 4.88. The molecule has 5 rings (SSSR count). The van der Waals surface area contributed by atoms with Crippen molar-refractivity contribution >= 4 is 51.9 Å². The van der Waals surface area contributed by atoms with Gasteiger partial charge in [0.1, 0.15) is 5.82 Å². The van der Waals surface area contributed by atoms with Crippen LogP contribution in [0.3, 0.4) is 0 Å². The minimum absolute atomic E-state index is 0.312. The van der Waals surface area contributed by atoms with Gasteiger partial charge in [0, 0.05) is 27.5 Å². The molecule has 0 fully saturated rings. The third kappa shape index (κ3) is 3.78. The predicted octanol–water partition coefficient (Wildman–Crippen LogP) is 5.83. The highest BCUT2D eigenvalue weighted by Gasteiger charge is 2.26. The minimum atomic E-state index is -0.428. The second-order valence-corrected chi connectivity index (χ2v) is 9.05. The summed E-state index contributed by atoms with van der Waals surface area (Å²) in [6.07, 6.45) is 1.64. The second-order valence-electron chi connectivity index (χ2n) is 8.10. The van der Waals surface area contributed by atoms with Crippen molar-refractivity contribution in [3.8, 4) is 10.4 Å². The highest BCUT2D eigenvalue weighted by molar-refractivity contribution is 7.13. The van der Waals surface area contributed by atoms with Crippen molar-refractivity contribution in [2.75, 3.05) is 16.4 Å². The van der Waals surface area contributed by atoms with E-state index in [1.807, 2.05) is 29.6 Å². The average molecular weight is 473 g/mol. The largest absolute Gasteiger partial charge is 0.397 e. The molecule has 0 aliphatic carbocycles. The quantitative estimate of drug-likeness (QED) is 0.222. The second kappa shape index (κ2) is 8.31. The fraction of sp³-hybridized carbons (Fsp3) is 0.0769. The SMILES string of the molecule is Cc1[nH]c(C=C2C(=O)Nc3ccc(F)cc32)c(C)c1C(=O)Nc1cc(-c2cccs2)ccc1N. The number of carbonyl (C=O) groups is 2. The monoisotopic (exact) mass is 472 g/mol. The number of nitrogens with one attached hydrogen (secondary N) is 3. The number of nitrogen functional groups attached to an aromatic ring is 1. The number of halogens is 1. The molecule has 8 heteroatoms. The van der Waals surface area contributed by atoms with Crippen molar-refractivity contribution in [3.05, 3.63) is 87.8 Å². The molecule has 5 N–H and O–H groups in total. The molecule has 0 saturated heterocycles. The van der Waals surface area contributed by atoms with E-state index in [1.54, 1.807) is 37.3 Å². The summed E-state index contributed by atoms with van der Waals surface area (Å²) in [6.45, 7) is 3.59. The van der Waals surface area contributed by atoms with E-state index in [9.17, 15) is 14.0 Å². The summed E-state index contributed by atoms with van der Waals surface area (Å²) in [5.41, 5.74) is 11.8. The van der Waals surface area contributed by atoms with Crippen LogP contribution in [0.5, 0.6) is 0 Å². The van der Waals surface area contributed by atoms with Crippen molar-refractivity contribution in [3.63, 3.8) is 0 Å². The number of nitrogens with two attached hydrogens (primary N) is 1. The van der Waals surface area contributed by atoms with Crippen LogP contribution in [0.4, 0.5) is 21.5 Å². The summed E-state index contributed by atoms with van der Waals surface area (Å²) in [6, 6.07) is 13.7. The molecule has 1 aliphatic rings. The average Bonchev–Trinajstić information content (AvgIpc) is 3.50. The number of rotatable bonds is 4. The third-order valence-corrected chi connectivity index (χ3v) is 6.78. The van der Waals surface area contributed by atoms with E-state index in [0.29, 0.717) is 50.7 Å². The van der Waals surface area contributed by atoms with E-state index < -0.39 is 5.82 Å². The lowest BCUT2D eigenvalue weighted by atomic mass is 10.0. The molecule has 170 valence electrons. The Bertz CT molecular complexity index is 1480. The van der Waals surface area contributed by atoms with Gasteiger partial charge in [-0.05, 0) is 72.8 Å². The molecule has 0 saturated carbocycles. The number of thiophene rings is 1. The van der Waals surface area contributed by atoms with Gasteiger partial charge in [0.05, 0.1) is 22.5 Å². The zero-order chi connectivity index (χ0) is 24.0. The highest BCUT2D eigenvalue weighted by Crippen LogP contribution is 2.35. The molecule has 2 aromatic heterocycles. The van der Waals surface area contributed by atoms with Crippen molar-refractivity contribution in [1.29, 1.82) is 0 Å². The fourth-order valence-electron chi connectivity index (χ4n) is 4.15. The number of fused-ring (bicyclic) bond motifs is 1. The van der Waals surface area contributed by atoms with Crippen LogP contribution in [0, 0.1) is 19.7 Å². The van der Waals surface area contributed by atoms with E-state index in [-0.39, 0.29) is 11.8 Å². The lowest BCUT2D eigenvalue weighted by Gasteiger charge is -2.10. The van der Waals surface area contributed by atoms with Crippen LogP contribution < -0.4 is 16.4 Å². The van der Waals surface area contributed by atoms with Gasteiger partial charge in [-0.3, -0.25) is 9.59 Å². The number of aryl methyl sites for hydroxylation is 1. The molecule has 0 atom stereocenters. The third-order valence-electron chi connectivity index (χ3n) is 5.86. The first kappa shape index (κ1) is 21.7. The van der Waals surface area contributed by atoms with Gasteiger partial charge in [0.25, 0.3) is 11.8 Å². The van der Waals surface area contributed by atoms with E-state index in [4.69, 9.17) is 5.73 Å². The van der Waals surface area contributed by atoms with Gasteiger partial charge in [0.15, 0.2) is 0 Å². The van der Waals surface area contributed by atoms with Gasteiger partial charge in [-0.1, -0.05) is 12.1 Å². The van der Waals surface area contributed by atoms with E-state index in [0.717, 1.165) is 10.4 Å². The number of amides is 2. The molecule has 0 bridgehead atoms. The Kier molecular flexibility index (Phi) is 5.30. The molecule has 3 heterocycles. The molecule has 2 amide bonds. The Balaban J connectivity index is 1.47. The molecule has 34 heavy (non-hydrogen) atoms. The molecule has 0 radical (unpaired) electrons. The topological polar surface area (TPSA) is 100 Å². The van der Waals surface area contributed by atoms with Gasteiger partial charge in [-0.15, -0.1) is 11.3 Å². The Morgan fingerprint density at radius 3 is 2.74 bits per heavy atom. The number of aromatic amines is 1. The molecule has 4 aromatic rings. The number of carbonyl (C=O) groups excluding carboxylic acids is 2. The summed E-state index contributed by atoms with van der Waals surface area (Å²) in [4.78, 5) is 30.0. The van der Waals surface area contributed by atoms with Gasteiger partial charge in [0.2, 0.25) is 0 Å². The first-order chi connectivity index (χ1) is 16.3. The van der Waals surface area contributed by atoms with Crippen LogP contribution in [0.15, 0.2) is 53.9 Å². The molecule has 1 aliphatic heterocycles. The van der Waals surface area contributed by atoms with Crippen molar-refractivity contribution in [1.82, 2.24) is 4.98 Å². The van der Waals surface area contributed by atoms with E-state index in [1.165, 1.54) is 18.2 Å². The van der Waals surface area contributed by atoms with Crippen molar-refractivity contribution < 1.29 is 14.0 Å². The first-order valence-corrected chi connectivity index (χ1v) is 11.5. The van der Waals surface area contributed by atoms with Gasteiger partial charge >= 0.3 is 0 Å². The maximum atomic E-state index is 13.8. The Morgan fingerprint density at radius 2 is 1.97 bits per heavy atom. The highest BCUT2D eigenvalue weighted by atomic mass is 32.1. The Morgan fingerprint density at radius 1 is 1.15 bits per heavy atom. The summed E-state index contributed by atoms with van der Waals surface area (Å²) < 4.78 is 13.8. The van der Waals surface area contributed by atoms with Crippen molar-refractivity contribution in [2.24, 2.45) is 0 Å². The lowest BCUT2D eigenvalue weighted by Crippen LogP contribution is -2.15. The zero-order valence-corrected chi connectivity index (χ0v) is 19.3. The summed E-state index contributed by atoms with van der Waals surface area (Å²) in [5, 5.41) is 7.64. The van der Waals surface area contributed by atoms with Crippen LogP contribution in [-0.4, -0.2) is 16.8 Å². The molecular weight excluding hydrogens is 451 g/mol. The van der Waals surface area contributed by atoms with Crippen LogP contribution in [-0.2, 0) is 4.79 Å². The number of benzene rings is 2. The molecule has 6 nitrogen and oxygen atoms in total. The Labute approximate surface area is 199 Å². The lowest BCUT2D eigenvalue weighted by molar-refractivity contribution is -0.110. The number of aromatic nitrogens is 1. The summed E-state index contributed by atoms with van der Waals surface area (Å²) in [5.74, 6) is -1.06. The zero-order valence-electron chi connectivity index (χ0n) is 18.5. The maximum Gasteiger partial charge on any atom is 0.257 e. The van der Waals surface area contributed by atoms with E-state index >= 15 is 0 Å². The molecule has 0 spiro atoms. The van der Waals surface area contributed by atoms with Crippen LogP contribution in [0.2, 0.25) is 0 Å². The van der Waals surface area contributed by atoms with E-state index in [2.05, 4.69) is 15.6 Å².